The van der Waals surface area contributed by atoms with Crippen molar-refractivity contribution < 1.29 is 14.6 Å². The number of rotatable bonds is 3. The monoisotopic (exact) mass is 368 g/mol. The van der Waals surface area contributed by atoms with E-state index in [1.54, 1.807) is 17.6 Å². The summed E-state index contributed by atoms with van der Waals surface area (Å²) in [5.41, 5.74) is 3.32. The first-order valence-corrected chi connectivity index (χ1v) is 8.49. The zero-order valence-electron chi connectivity index (χ0n) is 14.1. The van der Waals surface area contributed by atoms with E-state index in [0.717, 1.165) is 5.69 Å². The van der Waals surface area contributed by atoms with Crippen molar-refractivity contribution in [3.05, 3.63) is 46.6 Å². The smallest absolute Gasteiger partial charge is 0.200 e. The molecule has 7 nitrogen and oxygen atoms in total. The molecule has 26 heavy (non-hydrogen) atoms. The Morgan fingerprint density at radius 2 is 2.00 bits per heavy atom. The quantitative estimate of drug-likeness (QED) is 0.472. The van der Waals surface area contributed by atoms with Gasteiger partial charge in [0.05, 0.1) is 11.3 Å². The predicted octanol–water partition coefficient (Wildman–Crippen LogP) is 4.02. The number of nitrogens with one attached hydrogen (secondary N) is 1. The minimum atomic E-state index is -0.0756. The third-order valence-electron chi connectivity index (χ3n) is 4.23. The number of aromatic nitrogens is 4. The van der Waals surface area contributed by atoms with Gasteiger partial charge in [0.1, 0.15) is 17.0 Å². The minimum absolute atomic E-state index is 0.0499. The molecule has 0 fully saturated rings. The standard InChI is InChI=1S/C18H16N4O3S/c1-3-10-6-12(15(24)8-14(10)23)17-20-21-18(26)22(17)11-4-5-16-13(7-11)19-9(2)25-16/h4-8,23-24H,3H2,1-2H3,(H,21,26). The van der Waals surface area contributed by atoms with Crippen molar-refractivity contribution >= 4 is 23.3 Å². The molecule has 4 aromatic rings. The van der Waals surface area contributed by atoms with E-state index < -0.39 is 0 Å². The van der Waals surface area contributed by atoms with Gasteiger partial charge in [0.15, 0.2) is 22.1 Å². The molecule has 2 aromatic carbocycles. The second-order valence-corrected chi connectivity index (χ2v) is 6.31. The second kappa shape index (κ2) is 5.99. The lowest BCUT2D eigenvalue weighted by Gasteiger charge is -2.11. The van der Waals surface area contributed by atoms with Crippen LogP contribution in [0, 0.1) is 11.7 Å². The van der Waals surface area contributed by atoms with Crippen molar-refractivity contribution in [2.45, 2.75) is 20.3 Å². The number of H-pyrrole nitrogens is 1. The van der Waals surface area contributed by atoms with Gasteiger partial charge in [0.25, 0.3) is 0 Å². The third kappa shape index (κ3) is 2.55. The van der Waals surface area contributed by atoms with Crippen LogP contribution in [-0.4, -0.2) is 30.0 Å². The molecule has 0 saturated carbocycles. The normalized spacial score (nSPS) is 11.3. The zero-order chi connectivity index (χ0) is 18.4. The molecule has 0 unspecified atom stereocenters. The Morgan fingerprint density at radius 1 is 1.19 bits per heavy atom. The second-order valence-electron chi connectivity index (χ2n) is 5.92. The van der Waals surface area contributed by atoms with Crippen molar-refractivity contribution in [2.24, 2.45) is 0 Å². The number of aromatic hydroxyl groups is 2. The molecule has 0 aliphatic carbocycles. The van der Waals surface area contributed by atoms with Gasteiger partial charge in [-0.3, -0.25) is 9.67 Å². The van der Waals surface area contributed by atoms with Crippen LogP contribution in [0.15, 0.2) is 34.7 Å². The number of hydrogen-bond acceptors (Lipinski definition) is 6. The highest BCUT2D eigenvalue weighted by Crippen LogP contribution is 2.35. The summed E-state index contributed by atoms with van der Waals surface area (Å²) in [6, 6.07) is 8.54. The largest absolute Gasteiger partial charge is 0.508 e. The van der Waals surface area contributed by atoms with Gasteiger partial charge in [-0.25, -0.2) is 4.98 Å². The average Bonchev–Trinajstić information content (AvgIpc) is 3.16. The van der Waals surface area contributed by atoms with Crippen LogP contribution < -0.4 is 0 Å². The fourth-order valence-electron chi connectivity index (χ4n) is 2.97. The van der Waals surface area contributed by atoms with Crippen LogP contribution in [0.2, 0.25) is 0 Å². The summed E-state index contributed by atoms with van der Waals surface area (Å²) in [5.74, 6) is 1.00. The Hall–Kier alpha value is -3.13. The molecule has 2 aromatic heterocycles. The number of phenols is 2. The number of benzene rings is 2. The highest BCUT2D eigenvalue weighted by molar-refractivity contribution is 7.71. The number of aryl methyl sites for hydroxylation is 2. The number of hydrogen-bond donors (Lipinski definition) is 3. The maximum Gasteiger partial charge on any atom is 0.200 e. The Labute approximate surface area is 153 Å². The first-order valence-electron chi connectivity index (χ1n) is 8.08. The summed E-state index contributed by atoms with van der Waals surface area (Å²) in [7, 11) is 0. The van der Waals surface area contributed by atoms with Gasteiger partial charge in [-0.1, -0.05) is 6.92 Å². The van der Waals surface area contributed by atoms with Crippen LogP contribution in [0.1, 0.15) is 18.4 Å². The number of nitrogens with zero attached hydrogens (tertiary/aromatic N) is 3. The topological polar surface area (TPSA) is 100 Å². The first kappa shape index (κ1) is 16.3. The molecule has 3 N–H and O–H groups in total. The fourth-order valence-corrected chi connectivity index (χ4v) is 3.21. The van der Waals surface area contributed by atoms with Crippen molar-refractivity contribution in [1.29, 1.82) is 0 Å². The van der Waals surface area contributed by atoms with Gasteiger partial charge in [-0.2, -0.15) is 5.10 Å². The molecule has 0 spiro atoms. The molecule has 0 amide bonds. The van der Waals surface area contributed by atoms with E-state index in [4.69, 9.17) is 16.6 Å². The Bertz CT molecular complexity index is 1190. The van der Waals surface area contributed by atoms with Crippen molar-refractivity contribution in [1.82, 2.24) is 19.7 Å². The molecule has 4 rings (SSSR count). The molecule has 0 saturated heterocycles. The van der Waals surface area contributed by atoms with Crippen LogP contribution >= 0.6 is 12.2 Å². The van der Waals surface area contributed by atoms with Crippen LogP contribution in [0.25, 0.3) is 28.2 Å². The number of aromatic amines is 1. The summed E-state index contributed by atoms with van der Waals surface area (Å²) >= 11 is 5.38. The third-order valence-corrected chi connectivity index (χ3v) is 4.50. The lowest BCUT2D eigenvalue weighted by atomic mass is 10.1. The van der Waals surface area contributed by atoms with E-state index in [2.05, 4.69) is 15.2 Å². The Balaban J connectivity index is 1.94. The molecular weight excluding hydrogens is 352 g/mol. The van der Waals surface area contributed by atoms with Crippen molar-refractivity contribution in [3.63, 3.8) is 0 Å². The van der Waals surface area contributed by atoms with Crippen LogP contribution in [0.5, 0.6) is 11.5 Å². The maximum atomic E-state index is 10.3. The highest BCUT2D eigenvalue weighted by Gasteiger charge is 2.17. The van der Waals surface area contributed by atoms with Gasteiger partial charge >= 0.3 is 0 Å². The summed E-state index contributed by atoms with van der Waals surface area (Å²) in [6.07, 6.45) is 0.619. The molecule has 2 heterocycles. The van der Waals surface area contributed by atoms with E-state index in [1.165, 1.54) is 6.07 Å². The van der Waals surface area contributed by atoms with Gasteiger partial charge < -0.3 is 14.6 Å². The predicted molar refractivity (Wildman–Crippen MR) is 99.2 cm³/mol. The van der Waals surface area contributed by atoms with Crippen molar-refractivity contribution in [3.8, 4) is 28.6 Å². The zero-order valence-corrected chi connectivity index (χ0v) is 15.0. The minimum Gasteiger partial charge on any atom is -0.508 e. The van der Waals surface area contributed by atoms with Crippen molar-refractivity contribution in [2.75, 3.05) is 0 Å². The maximum absolute atomic E-state index is 10.3. The summed E-state index contributed by atoms with van der Waals surface area (Å²) in [6.45, 7) is 3.71. The molecular formula is C18H16N4O3S. The summed E-state index contributed by atoms with van der Waals surface area (Å²) in [5, 5.41) is 27.3. The Morgan fingerprint density at radius 3 is 2.77 bits per heavy atom. The van der Waals surface area contributed by atoms with Crippen LogP contribution in [-0.2, 0) is 6.42 Å². The Kier molecular flexibility index (Phi) is 3.77. The lowest BCUT2D eigenvalue weighted by Crippen LogP contribution is -1.99. The molecule has 0 radical (unpaired) electrons. The van der Waals surface area contributed by atoms with Gasteiger partial charge in [-0.05, 0) is 48.5 Å². The molecule has 8 heteroatoms. The highest BCUT2D eigenvalue weighted by atomic mass is 32.1. The van der Waals surface area contributed by atoms with Crippen LogP contribution in [0.3, 0.4) is 0 Å². The van der Waals surface area contributed by atoms with E-state index in [0.29, 0.717) is 45.1 Å². The van der Waals surface area contributed by atoms with Gasteiger partial charge in [-0.15, -0.1) is 0 Å². The summed E-state index contributed by atoms with van der Waals surface area (Å²) in [4.78, 5) is 4.35. The number of fused-ring (bicyclic) bond motifs is 1. The van der Waals surface area contributed by atoms with E-state index >= 15 is 0 Å². The van der Waals surface area contributed by atoms with E-state index in [-0.39, 0.29) is 11.5 Å². The fraction of sp³-hybridized carbons (Fsp3) is 0.167. The number of phenolic OH excluding ortho intramolecular Hbond substituents is 2. The van der Waals surface area contributed by atoms with E-state index in [1.807, 2.05) is 25.1 Å². The molecule has 0 bridgehead atoms. The molecule has 132 valence electrons. The molecule has 0 aliphatic rings. The number of oxazole rings is 1. The SMILES string of the molecule is CCc1cc(-c2n[nH]c(=S)n2-c2ccc3oc(C)nc3c2)c(O)cc1O. The molecule has 0 atom stereocenters. The van der Waals surface area contributed by atoms with Crippen LogP contribution in [0.4, 0.5) is 0 Å². The van der Waals surface area contributed by atoms with E-state index in [9.17, 15) is 10.2 Å². The van der Waals surface area contributed by atoms with Gasteiger partial charge in [0.2, 0.25) is 0 Å². The summed E-state index contributed by atoms with van der Waals surface area (Å²) < 4.78 is 7.60. The lowest BCUT2D eigenvalue weighted by molar-refractivity contribution is 0.447. The average molecular weight is 368 g/mol. The van der Waals surface area contributed by atoms with Gasteiger partial charge in [0, 0.05) is 13.0 Å². The first-order chi connectivity index (χ1) is 12.5. The molecule has 0 aliphatic heterocycles.